The number of hydrogen-bond donors (Lipinski definition) is 1. The van der Waals surface area contributed by atoms with Crippen molar-refractivity contribution in [3.8, 4) is 0 Å². The fourth-order valence-corrected chi connectivity index (χ4v) is 2.47. The Balaban J connectivity index is 1.70. The molecule has 1 aliphatic carbocycles. The minimum Gasteiger partial charge on any atom is -0.326 e. The third kappa shape index (κ3) is 4.62. The average molecular weight is 267 g/mol. The molecule has 2 nitrogen and oxygen atoms in total. The van der Waals surface area contributed by atoms with Crippen LogP contribution in [0.15, 0.2) is 30.3 Å². The maximum atomic E-state index is 13.0. The number of alkyl halides is 2. The SMILES string of the molecule is O=C(CCC1CCC(F)(F)CC1)Nc1ccccc1. The molecule has 4 heteroatoms. The molecule has 1 N–H and O–H groups in total. The zero-order valence-corrected chi connectivity index (χ0v) is 10.9. The molecule has 1 aromatic rings. The lowest BCUT2D eigenvalue weighted by molar-refractivity contribution is -0.116. The Bertz CT molecular complexity index is 409. The van der Waals surface area contributed by atoms with Gasteiger partial charge in [0.2, 0.25) is 11.8 Å². The Morgan fingerprint density at radius 3 is 2.47 bits per heavy atom. The largest absolute Gasteiger partial charge is 0.326 e. The first kappa shape index (κ1) is 14.0. The predicted octanol–water partition coefficient (Wildman–Crippen LogP) is 4.23. The van der Waals surface area contributed by atoms with Gasteiger partial charge in [0.15, 0.2) is 0 Å². The fraction of sp³-hybridized carbons (Fsp3) is 0.533. The molecular formula is C15H19F2NO. The van der Waals surface area contributed by atoms with Crippen molar-refractivity contribution in [2.45, 2.75) is 44.4 Å². The molecule has 0 radical (unpaired) electrons. The van der Waals surface area contributed by atoms with Crippen LogP contribution in [0.25, 0.3) is 0 Å². The zero-order valence-electron chi connectivity index (χ0n) is 10.9. The molecule has 0 spiro atoms. The summed E-state index contributed by atoms with van der Waals surface area (Å²) in [4.78, 5) is 11.7. The molecule has 1 fully saturated rings. The van der Waals surface area contributed by atoms with Crippen LogP contribution in [0.2, 0.25) is 0 Å². The minimum atomic E-state index is -2.48. The Hall–Kier alpha value is -1.45. The van der Waals surface area contributed by atoms with Crippen LogP contribution >= 0.6 is 0 Å². The summed E-state index contributed by atoms with van der Waals surface area (Å²) in [6.45, 7) is 0. The normalized spacial score (nSPS) is 19.1. The number of hydrogen-bond acceptors (Lipinski definition) is 1. The second-order valence-electron chi connectivity index (χ2n) is 5.25. The number of halogens is 2. The number of rotatable bonds is 4. The first-order valence-electron chi connectivity index (χ1n) is 6.78. The third-order valence-corrected chi connectivity index (χ3v) is 3.67. The Labute approximate surface area is 112 Å². The van der Waals surface area contributed by atoms with E-state index >= 15 is 0 Å². The van der Waals surface area contributed by atoms with Crippen molar-refractivity contribution in [2.75, 3.05) is 5.32 Å². The summed E-state index contributed by atoms with van der Waals surface area (Å²) in [7, 11) is 0. The zero-order chi connectivity index (χ0) is 13.7. The molecule has 0 bridgehead atoms. The van der Waals surface area contributed by atoms with Crippen molar-refractivity contribution in [2.24, 2.45) is 5.92 Å². The van der Waals surface area contributed by atoms with E-state index in [-0.39, 0.29) is 24.7 Å². The molecule has 0 aliphatic heterocycles. The van der Waals surface area contributed by atoms with Gasteiger partial charge in [0.1, 0.15) is 0 Å². The molecule has 0 aromatic heterocycles. The van der Waals surface area contributed by atoms with Crippen molar-refractivity contribution >= 4 is 11.6 Å². The first-order chi connectivity index (χ1) is 9.05. The van der Waals surface area contributed by atoms with E-state index in [1.54, 1.807) is 0 Å². The van der Waals surface area contributed by atoms with Crippen LogP contribution in [-0.4, -0.2) is 11.8 Å². The van der Waals surface area contributed by atoms with Gasteiger partial charge in [-0.2, -0.15) is 0 Å². The lowest BCUT2D eigenvalue weighted by atomic mass is 9.84. The fourth-order valence-electron chi connectivity index (χ4n) is 2.47. The van der Waals surface area contributed by atoms with Gasteiger partial charge in [-0.15, -0.1) is 0 Å². The molecule has 1 amide bonds. The molecule has 2 rings (SSSR count). The van der Waals surface area contributed by atoms with Crippen LogP contribution in [0.3, 0.4) is 0 Å². The second-order valence-corrected chi connectivity index (χ2v) is 5.25. The lowest BCUT2D eigenvalue weighted by Gasteiger charge is -2.27. The highest BCUT2D eigenvalue weighted by molar-refractivity contribution is 5.90. The van der Waals surface area contributed by atoms with Crippen molar-refractivity contribution in [1.29, 1.82) is 0 Å². The van der Waals surface area contributed by atoms with E-state index < -0.39 is 5.92 Å². The summed E-state index contributed by atoms with van der Waals surface area (Å²) in [5, 5.41) is 2.81. The summed E-state index contributed by atoms with van der Waals surface area (Å²) >= 11 is 0. The van der Waals surface area contributed by atoms with Crippen LogP contribution in [-0.2, 0) is 4.79 Å². The van der Waals surface area contributed by atoms with Crippen LogP contribution in [0.1, 0.15) is 38.5 Å². The Morgan fingerprint density at radius 1 is 1.21 bits per heavy atom. The highest BCUT2D eigenvalue weighted by atomic mass is 19.3. The smallest absolute Gasteiger partial charge is 0.248 e. The molecule has 0 heterocycles. The lowest BCUT2D eigenvalue weighted by Crippen LogP contribution is -2.25. The molecular weight excluding hydrogens is 248 g/mol. The second kappa shape index (κ2) is 6.13. The Morgan fingerprint density at radius 2 is 1.84 bits per heavy atom. The number of carbonyl (C=O) groups excluding carboxylic acids is 1. The van der Waals surface area contributed by atoms with Crippen molar-refractivity contribution in [3.05, 3.63) is 30.3 Å². The first-order valence-corrected chi connectivity index (χ1v) is 6.78. The van der Waals surface area contributed by atoms with E-state index in [9.17, 15) is 13.6 Å². The topological polar surface area (TPSA) is 29.1 Å². The number of anilines is 1. The maximum Gasteiger partial charge on any atom is 0.248 e. The van der Waals surface area contributed by atoms with Crippen molar-refractivity contribution < 1.29 is 13.6 Å². The number of nitrogens with one attached hydrogen (secondary N) is 1. The molecule has 1 aromatic carbocycles. The monoisotopic (exact) mass is 267 g/mol. The molecule has 1 aliphatic rings. The standard InChI is InChI=1S/C15H19F2NO/c16-15(17)10-8-12(9-11-15)6-7-14(19)18-13-4-2-1-3-5-13/h1-5,12H,6-11H2,(H,18,19). The maximum absolute atomic E-state index is 13.0. The summed E-state index contributed by atoms with van der Waals surface area (Å²) in [5.74, 6) is -2.26. The molecule has 0 atom stereocenters. The van der Waals surface area contributed by atoms with E-state index in [0.717, 1.165) is 5.69 Å². The number of amides is 1. The van der Waals surface area contributed by atoms with Crippen LogP contribution < -0.4 is 5.32 Å². The van der Waals surface area contributed by atoms with Gasteiger partial charge in [-0.1, -0.05) is 18.2 Å². The van der Waals surface area contributed by atoms with Gasteiger partial charge in [-0.05, 0) is 37.3 Å². The molecule has 1 saturated carbocycles. The summed E-state index contributed by atoms with van der Waals surface area (Å²) in [6, 6.07) is 9.27. The van der Waals surface area contributed by atoms with Crippen LogP contribution in [0, 0.1) is 5.92 Å². The summed E-state index contributed by atoms with van der Waals surface area (Å²) in [6.07, 6.45) is 2.12. The van der Waals surface area contributed by atoms with Gasteiger partial charge >= 0.3 is 0 Å². The van der Waals surface area contributed by atoms with Gasteiger partial charge in [0, 0.05) is 24.9 Å². The van der Waals surface area contributed by atoms with Crippen molar-refractivity contribution in [3.63, 3.8) is 0 Å². The van der Waals surface area contributed by atoms with Crippen LogP contribution in [0.5, 0.6) is 0 Å². The molecule has 0 unspecified atom stereocenters. The van der Waals surface area contributed by atoms with E-state index in [0.29, 0.717) is 25.7 Å². The van der Waals surface area contributed by atoms with E-state index in [1.165, 1.54) is 0 Å². The third-order valence-electron chi connectivity index (χ3n) is 3.67. The van der Waals surface area contributed by atoms with Gasteiger partial charge < -0.3 is 5.32 Å². The van der Waals surface area contributed by atoms with Gasteiger partial charge in [0.25, 0.3) is 0 Å². The quantitative estimate of drug-likeness (QED) is 0.869. The van der Waals surface area contributed by atoms with E-state index in [1.807, 2.05) is 30.3 Å². The van der Waals surface area contributed by atoms with E-state index in [4.69, 9.17) is 0 Å². The van der Waals surface area contributed by atoms with E-state index in [2.05, 4.69) is 5.32 Å². The highest BCUT2D eigenvalue weighted by Crippen LogP contribution is 2.37. The number of para-hydroxylation sites is 1. The summed E-state index contributed by atoms with van der Waals surface area (Å²) < 4.78 is 26.0. The van der Waals surface area contributed by atoms with Gasteiger partial charge in [0.05, 0.1) is 0 Å². The highest BCUT2D eigenvalue weighted by Gasteiger charge is 2.34. The predicted molar refractivity (Wildman–Crippen MR) is 71.2 cm³/mol. The Kier molecular flexibility index (Phi) is 4.51. The van der Waals surface area contributed by atoms with Gasteiger partial charge in [-0.25, -0.2) is 8.78 Å². The minimum absolute atomic E-state index is 0.0298. The van der Waals surface area contributed by atoms with Crippen molar-refractivity contribution in [1.82, 2.24) is 0 Å². The van der Waals surface area contributed by atoms with Gasteiger partial charge in [-0.3, -0.25) is 4.79 Å². The molecule has 104 valence electrons. The average Bonchev–Trinajstić information content (AvgIpc) is 2.39. The number of carbonyl (C=O) groups is 1. The molecule has 19 heavy (non-hydrogen) atoms. The van der Waals surface area contributed by atoms with Crippen LogP contribution in [0.4, 0.5) is 14.5 Å². The molecule has 0 saturated heterocycles. The summed E-state index contributed by atoms with van der Waals surface area (Å²) in [5.41, 5.74) is 0.780. The number of benzene rings is 1.